The van der Waals surface area contributed by atoms with E-state index in [-0.39, 0.29) is 12.6 Å². The molecular weight excluding hydrogens is 326 g/mol. The number of thiophene rings is 2. The van der Waals surface area contributed by atoms with E-state index in [4.69, 9.17) is 0 Å². The lowest BCUT2D eigenvalue weighted by atomic mass is 10.1. The van der Waals surface area contributed by atoms with E-state index in [1.54, 1.807) is 28.9 Å². The number of aromatic amines is 1. The third-order valence-corrected chi connectivity index (χ3v) is 5.79. The van der Waals surface area contributed by atoms with Crippen LogP contribution in [0.25, 0.3) is 10.6 Å². The van der Waals surface area contributed by atoms with Gasteiger partial charge in [-0.1, -0.05) is 6.92 Å². The molecule has 0 aliphatic heterocycles. The highest BCUT2D eigenvalue weighted by atomic mass is 32.1. The normalized spacial score (nSPS) is 12.8. The molecule has 0 saturated carbocycles. The lowest BCUT2D eigenvalue weighted by molar-refractivity contribution is 0.108. The number of aliphatic hydroxyl groups is 1. The number of rotatable bonds is 8. The molecule has 3 rings (SSSR count). The predicted molar refractivity (Wildman–Crippen MR) is 96.6 cm³/mol. The Morgan fingerprint density at radius 1 is 1.26 bits per heavy atom. The third kappa shape index (κ3) is 4.09. The second-order valence-corrected chi connectivity index (χ2v) is 7.47. The van der Waals surface area contributed by atoms with E-state index in [9.17, 15) is 5.11 Å². The maximum absolute atomic E-state index is 9.71. The summed E-state index contributed by atoms with van der Waals surface area (Å²) >= 11 is 3.50. The zero-order chi connectivity index (χ0) is 16.1. The van der Waals surface area contributed by atoms with Crippen LogP contribution in [0, 0.1) is 0 Å². The van der Waals surface area contributed by atoms with Gasteiger partial charge < -0.3 is 5.11 Å². The van der Waals surface area contributed by atoms with Crippen LogP contribution in [-0.2, 0) is 13.1 Å². The Balaban J connectivity index is 1.75. The van der Waals surface area contributed by atoms with Gasteiger partial charge in [0.25, 0.3) is 0 Å². The van der Waals surface area contributed by atoms with E-state index < -0.39 is 0 Å². The average molecular weight is 348 g/mol. The Morgan fingerprint density at radius 2 is 2.17 bits per heavy atom. The summed E-state index contributed by atoms with van der Waals surface area (Å²) in [6.07, 6.45) is 2.72. The molecule has 0 aromatic carbocycles. The van der Waals surface area contributed by atoms with Crippen molar-refractivity contribution < 1.29 is 5.11 Å². The molecule has 0 radical (unpaired) electrons. The van der Waals surface area contributed by atoms with Gasteiger partial charge in [0.15, 0.2) is 0 Å². The van der Waals surface area contributed by atoms with Gasteiger partial charge in [-0.05, 0) is 47.0 Å². The zero-order valence-corrected chi connectivity index (χ0v) is 14.7. The van der Waals surface area contributed by atoms with Gasteiger partial charge in [0.2, 0.25) is 0 Å². The van der Waals surface area contributed by atoms with Crippen molar-refractivity contribution in [1.29, 1.82) is 0 Å². The molecule has 6 heteroatoms. The molecule has 23 heavy (non-hydrogen) atoms. The second-order valence-electron chi connectivity index (χ2n) is 5.52. The Hall–Kier alpha value is -1.47. The van der Waals surface area contributed by atoms with E-state index in [0.717, 1.165) is 25.2 Å². The molecule has 0 saturated heterocycles. The van der Waals surface area contributed by atoms with Crippen molar-refractivity contribution in [2.24, 2.45) is 0 Å². The number of aliphatic hydroxyl groups excluding tert-OH is 1. The molecule has 1 unspecified atom stereocenters. The third-order valence-electron chi connectivity index (χ3n) is 3.95. The molecule has 3 aromatic rings. The molecule has 0 spiro atoms. The molecule has 0 amide bonds. The van der Waals surface area contributed by atoms with E-state index in [0.29, 0.717) is 0 Å². The van der Waals surface area contributed by atoms with Gasteiger partial charge in [0.1, 0.15) is 0 Å². The van der Waals surface area contributed by atoms with Crippen molar-refractivity contribution in [3.05, 3.63) is 51.7 Å². The van der Waals surface area contributed by atoms with Crippen LogP contribution in [-0.4, -0.2) is 32.9 Å². The van der Waals surface area contributed by atoms with Crippen molar-refractivity contribution in [2.75, 3.05) is 6.61 Å². The molecule has 0 fully saturated rings. The van der Waals surface area contributed by atoms with Gasteiger partial charge in [0, 0.05) is 30.2 Å². The Kier molecular flexibility index (Phi) is 5.61. The smallest absolute Gasteiger partial charge is 0.0749 e. The summed E-state index contributed by atoms with van der Waals surface area (Å²) in [5.41, 5.74) is 2.37. The average Bonchev–Trinajstić information content (AvgIpc) is 3.31. The second kappa shape index (κ2) is 7.88. The number of hydrogen-bond donors (Lipinski definition) is 2. The van der Waals surface area contributed by atoms with Crippen molar-refractivity contribution in [2.45, 2.75) is 32.5 Å². The molecule has 4 nitrogen and oxygen atoms in total. The minimum absolute atomic E-state index is 0.188. The summed E-state index contributed by atoms with van der Waals surface area (Å²) in [5.74, 6) is 0. The Morgan fingerprint density at radius 3 is 2.83 bits per heavy atom. The molecular formula is C17H21N3OS2. The Bertz CT molecular complexity index is 687. The summed E-state index contributed by atoms with van der Waals surface area (Å²) in [5, 5.41) is 21.0. The largest absolute Gasteiger partial charge is 0.395 e. The number of hydrogen-bond acceptors (Lipinski definition) is 5. The van der Waals surface area contributed by atoms with Gasteiger partial charge >= 0.3 is 0 Å². The van der Waals surface area contributed by atoms with Crippen LogP contribution in [0.4, 0.5) is 0 Å². The molecule has 1 atom stereocenters. The van der Waals surface area contributed by atoms with Crippen LogP contribution in [0.5, 0.6) is 0 Å². The minimum atomic E-state index is 0.188. The molecule has 0 aliphatic carbocycles. The predicted octanol–water partition coefficient (Wildman–Crippen LogP) is 3.97. The number of aromatic nitrogens is 2. The quantitative estimate of drug-likeness (QED) is 0.648. The summed E-state index contributed by atoms with van der Waals surface area (Å²) in [4.78, 5) is 4.87. The molecule has 3 aromatic heterocycles. The first-order valence-corrected chi connectivity index (χ1v) is 9.50. The summed E-state index contributed by atoms with van der Waals surface area (Å²) in [6, 6.07) is 8.64. The van der Waals surface area contributed by atoms with Crippen molar-refractivity contribution in [1.82, 2.24) is 15.1 Å². The van der Waals surface area contributed by atoms with Gasteiger partial charge in [-0.25, -0.2) is 0 Å². The first-order chi connectivity index (χ1) is 11.3. The van der Waals surface area contributed by atoms with Crippen LogP contribution >= 0.6 is 22.7 Å². The van der Waals surface area contributed by atoms with Gasteiger partial charge in [-0.2, -0.15) is 16.4 Å². The molecule has 0 bridgehead atoms. The fraction of sp³-hybridized carbons (Fsp3) is 0.353. The Labute approximate surface area is 144 Å². The SMILES string of the molecule is CCC(CO)N(Cc1ccsc1)Cc1ccc(-c2ccn[nH]2)s1. The maximum atomic E-state index is 9.71. The van der Waals surface area contributed by atoms with E-state index >= 15 is 0 Å². The highest BCUT2D eigenvalue weighted by molar-refractivity contribution is 7.15. The molecule has 2 N–H and O–H groups in total. The monoisotopic (exact) mass is 347 g/mol. The summed E-state index contributed by atoms with van der Waals surface area (Å²) in [6.45, 7) is 4.05. The number of H-pyrrole nitrogens is 1. The van der Waals surface area contributed by atoms with Crippen LogP contribution in [0.15, 0.2) is 41.2 Å². The van der Waals surface area contributed by atoms with E-state index in [1.165, 1.54) is 15.3 Å². The van der Waals surface area contributed by atoms with Gasteiger partial charge in [0.05, 0.1) is 17.2 Å². The number of nitrogens with one attached hydrogen (secondary N) is 1. The fourth-order valence-electron chi connectivity index (χ4n) is 2.63. The van der Waals surface area contributed by atoms with Gasteiger partial charge in [-0.15, -0.1) is 11.3 Å². The van der Waals surface area contributed by atoms with E-state index in [1.807, 2.05) is 6.07 Å². The van der Waals surface area contributed by atoms with Crippen molar-refractivity contribution in [3.8, 4) is 10.6 Å². The number of nitrogens with zero attached hydrogens (tertiary/aromatic N) is 2. The molecule has 3 heterocycles. The topological polar surface area (TPSA) is 52.1 Å². The highest BCUT2D eigenvalue weighted by Gasteiger charge is 2.18. The van der Waals surface area contributed by atoms with Crippen molar-refractivity contribution in [3.63, 3.8) is 0 Å². The van der Waals surface area contributed by atoms with Crippen LogP contribution in [0.1, 0.15) is 23.8 Å². The van der Waals surface area contributed by atoms with Crippen molar-refractivity contribution >= 4 is 22.7 Å². The lowest BCUT2D eigenvalue weighted by Crippen LogP contribution is -2.36. The van der Waals surface area contributed by atoms with Gasteiger partial charge in [-0.3, -0.25) is 10.00 Å². The highest BCUT2D eigenvalue weighted by Crippen LogP contribution is 2.28. The van der Waals surface area contributed by atoms with Crippen LogP contribution in [0.2, 0.25) is 0 Å². The lowest BCUT2D eigenvalue weighted by Gasteiger charge is -2.29. The van der Waals surface area contributed by atoms with Crippen LogP contribution < -0.4 is 0 Å². The fourth-order valence-corrected chi connectivity index (χ4v) is 4.30. The van der Waals surface area contributed by atoms with E-state index in [2.05, 4.69) is 51.0 Å². The first-order valence-electron chi connectivity index (χ1n) is 7.74. The molecule has 0 aliphatic rings. The summed E-state index contributed by atoms with van der Waals surface area (Å²) in [7, 11) is 0. The standard InChI is InChI=1S/C17H21N3OS2/c1-2-14(11-21)20(9-13-6-8-22-12-13)10-15-3-4-17(23-15)16-5-7-18-19-16/h3-8,12,14,21H,2,9-11H2,1H3,(H,18,19). The maximum Gasteiger partial charge on any atom is 0.0749 e. The minimum Gasteiger partial charge on any atom is -0.395 e. The summed E-state index contributed by atoms with van der Waals surface area (Å²) < 4.78 is 0. The first kappa shape index (κ1) is 16.4. The zero-order valence-electron chi connectivity index (χ0n) is 13.1. The molecule has 122 valence electrons. The van der Waals surface area contributed by atoms with Crippen LogP contribution in [0.3, 0.4) is 0 Å².